The van der Waals surface area contributed by atoms with Gasteiger partial charge in [0.15, 0.2) is 0 Å². The van der Waals surface area contributed by atoms with Gasteiger partial charge in [-0.1, -0.05) is 12.1 Å². The van der Waals surface area contributed by atoms with Crippen LogP contribution in [0.1, 0.15) is 37.6 Å². The van der Waals surface area contributed by atoms with Crippen LogP contribution in [0.2, 0.25) is 0 Å². The highest BCUT2D eigenvalue weighted by Crippen LogP contribution is 2.16. The number of nitrogens with zero attached hydrogens (tertiary/aromatic N) is 1. The second-order valence-electron chi connectivity index (χ2n) is 6.30. The summed E-state index contributed by atoms with van der Waals surface area (Å²) in [5, 5.41) is 6.54. The molecule has 118 valence electrons. The Balaban J connectivity index is 1.54. The van der Waals surface area contributed by atoms with Crippen LogP contribution in [-0.4, -0.2) is 34.5 Å². The lowest BCUT2D eigenvalue weighted by molar-refractivity contribution is -0.122. The fourth-order valence-corrected chi connectivity index (χ4v) is 3.14. The molecule has 1 fully saturated rings. The molecule has 5 nitrogen and oxygen atoms in total. The zero-order valence-corrected chi connectivity index (χ0v) is 13.3. The molecule has 3 N–H and O–H groups in total. The molecule has 0 radical (unpaired) electrons. The highest BCUT2D eigenvalue weighted by molar-refractivity contribution is 5.79. The van der Waals surface area contributed by atoms with Gasteiger partial charge in [0.05, 0.1) is 11.0 Å². The molecule has 1 aliphatic rings. The van der Waals surface area contributed by atoms with Crippen molar-refractivity contribution in [1.29, 1.82) is 0 Å². The normalized spacial score (nSPS) is 21.9. The van der Waals surface area contributed by atoms with E-state index in [2.05, 4.69) is 40.5 Å². The monoisotopic (exact) mass is 300 g/mol. The minimum Gasteiger partial charge on any atom is -0.353 e. The molecule has 5 heteroatoms. The lowest BCUT2D eigenvalue weighted by atomic mass is 10.0. The van der Waals surface area contributed by atoms with Crippen molar-refractivity contribution in [2.45, 2.75) is 51.6 Å². The summed E-state index contributed by atoms with van der Waals surface area (Å²) in [5.41, 5.74) is 3.21. The number of aryl methyl sites for hydroxylation is 2. The SMILES string of the molecule is Cc1cccc2[nH]c(CCC(=O)NC3CCNC(C)C3)nc12. The summed E-state index contributed by atoms with van der Waals surface area (Å²) < 4.78 is 0. The molecule has 0 saturated carbocycles. The van der Waals surface area contributed by atoms with Crippen molar-refractivity contribution in [3.05, 3.63) is 29.6 Å². The molecule has 0 bridgehead atoms. The van der Waals surface area contributed by atoms with Gasteiger partial charge in [0, 0.05) is 24.9 Å². The van der Waals surface area contributed by atoms with Gasteiger partial charge in [-0.2, -0.15) is 0 Å². The van der Waals surface area contributed by atoms with Crippen LogP contribution in [0.25, 0.3) is 11.0 Å². The summed E-state index contributed by atoms with van der Waals surface area (Å²) in [6.45, 7) is 5.20. The van der Waals surface area contributed by atoms with Crippen molar-refractivity contribution >= 4 is 16.9 Å². The van der Waals surface area contributed by atoms with E-state index in [1.807, 2.05) is 12.1 Å². The third kappa shape index (κ3) is 3.47. The second-order valence-corrected chi connectivity index (χ2v) is 6.30. The molecular weight excluding hydrogens is 276 g/mol. The highest BCUT2D eigenvalue weighted by atomic mass is 16.1. The molecule has 2 atom stereocenters. The van der Waals surface area contributed by atoms with Gasteiger partial charge in [-0.15, -0.1) is 0 Å². The number of benzene rings is 1. The predicted octanol–water partition coefficient (Wildman–Crippen LogP) is 2.06. The lowest BCUT2D eigenvalue weighted by Crippen LogP contribution is -2.46. The Morgan fingerprint density at radius 3 is 3.09 bits per heavy atom. The third-order valence-corrected chi connectivity index (χ3v) is 4.34. The predicted molar refractivity (Wildman–Crippen MR) is 87.8 cm³/mol. The van der Waals surface area contributed by atoms with Gasteiger partial charge in [-0.25, -0.2) is 4.98 Å². The summed E-state index contributed by atoms with van der Waals surface area (Å²) >= 11 is 0. The summed E-state index contributed by atoms with van der Waals surface area (Å²) in [5.74, 6) is 1.01. The molecule has 2 heterocycles. The number of aromatic nitrogens is 2. The number of rotatable bonds is 4. The fourth-order valence-electron chi connectivity index (χ4n) is 3.14. The molecule has 1 aliphatic heterocycles. The molecule has 22 heavy (non-hydrogen) atoms. The van der Waals surface area contributed by atoms with E-state index in [1.165, 1.54) is 0 Å². The fraction of sp³-hybridized carbons (Fsp3) is 0.529. The maximum absolute atomic E-state index is 12.1. The Bertz CT molecular complexity index is 664. The van der Waals surface area contributed by atoms with Gasteiger partial charge in [0.25, 0.3) is 0 Å². The summed E-state index contributed by atoms with van der Waals surface area (Å²) in [6, 6.07) is 6.89. The number of amides is 1. The van der Waals surface area contributed by atoms with Crippen molar-refractivity contribution in [3.8, 4) is 0 Å². The van der Waals surface area contributed by atoms with E-state index >= 15 is 0 Å². The number of imidazole rings is 1. The first-order valence-electron chi connectivity index (χ1n) is 8.09. The zero-order chi connectivity index (χ0) is 15.5. The van der Waals surface area contributed by atoms with Crippen molar-refractivity contribution in [2.75, 3.05) is 6.54 Å². The van der Waals surface area contributed by atoms with E-state index in [-0.39, 0.29) is 5.91 Å². The van der Waals surface area contributed by atoms with Crippen LogP contribution in [0.5, 0.6) is 0 Å². The first kappa shape index (κ1) is 15.0. The number of carbonyl (C=O) groups is 1. The number of fused-ring (bicyclic) bond motifs is 1. The largest absolute Gasteiger partial charge is 0.353 e. The van der Waals surface area contributed by atoms with Crippen molar-refractivity contribution in [2.24, 2.45) is 0 Å². The first-order valence-corrected chi connectivity index (χ1v) is 8.09. The number of hydrogen-bond donors (Lipinski definition) is 3. The average molecular weight is 300 g/mol. The van der Waals surface area contributed by atoms with Crippen molar-refractivity contribution in [3.63, 3.8) is 0 Å². The number of aromatic amines is 1. The van der Waals surface area contributed by atoms with E-state index in [0.717, 1.165) is 41.8 Å². The molecule has 0 spiro atoms. The van der Waals surface area contributed by atoms with E-state index in [0.29, 0.717) is 24.9 Å². The molecule has 1 saturated heterocycles. The average Bonchev–Trinajstić information content (AvgIpc) is 2.90. The lowest BCUT2D eigenvalue weighted by Gasteiger charge is -2.28. The van der Waals surface area contributed by atoms with Crippen LogP contribution >= 0.6 is 0 Å². The molecule has 2 aromatic rings. The standard InChI is InChI=1S/C17H24N4O/c1-11-4-3-5-14-17(11)21-15(20-14)6-7-16(22)19-13-8-9-18-12(2)10-13/h3-5,12-13,18H,6-10H2,1-2H3,(H,19,22)(H,20,21). The van der Waals surface area contributed by atoms with Crippen LogP contribution < -0.4 is 10.6 Å². The van der Waals surface area contributed by atoms with Gasteiger partial charge in [-0.3, -0.25) is 4.79 Å². The maximum Gasteiger partial charge on any atom is 0.220 e. The minimum absolute atomic E-state index is 0.122. The smallest absolute Gasteiger partial charge is 0.220 e. The quantitative estimate of drug-likeness (QED) is 0.809. The minimum atomic E-state index is 0.122. The van der Waals surface area contributed by atoms with Crippen molar-refractivity contribution < 1.29 is 4.79 Å². The van der Waals surface area contributed by atoms with Gasteiger partial charge >= 0.3 is 0 Å². The Hall–Kier alpha value is -1.88. The van der Waals surface area contributed by atoms with E-state index < -0.39 is 0 Å². The Kier molecular flexibility index (Phi) is 4.43. The summed E-state index contributed by atoms with van der Waals surface area (Å²) in [4.78, 5) is 20.0. The molecule has 2 unspecified atom stereocenters. The zero-order valence-electron chi connectivity index (χ0n) is 13.3. The number of H-pyrrole nitrogens is 1. The van der Waals surface area contributed by atoms with Crippen LogP contribution in [0.4, 0.5) is 0 Å². The number of para-hydroxylation sites is 1. The number of piperidine rings is 1. The van der Waals surface area contributed by atoms with Crippen LogP contribution in [0, 0.1) is 6.92 Å². The van der Waals surface area contributed by atoms with E-state index in [1.54, 1.807) is 0 Å². The van der Waals surface area contributed by atoms with E-state index in [9.17, 15) is 4.79 Å². The molecule has 0 aliphatic carbocycles. The highest BCUT2D eigenvalue weighted by Gasteiger charge is 2.19. The summed E-state index contributed by atoms with van der Waals surface area (Å²) in [6.07, 6.45) is 3.16. The van der Waals surface area contributed by atoms with Crippen LogP contribution in [-0.2, 0) is 11.2 Å². The Morgan fingerprint density at radius 2 is 2.32 bits per heavy atom. The number of carbonyl (C=O) groups excluding carboxylic acids is 1. The second kappa shape index (κ2) is 6.48. The van der Waals surface area contributed by atoms with Gasteiger partial charge < -0.3 is 15.6 Å². The summed E-state index contributed by atoms with van der Waals surface area (Å²) in [7, 11) is 0. The maximum atomic E-state index is 12.1. The number of nitrogens with one attached hydrogen (secondary N) is 3. The van der Waals surface area contributed by atoms with Gasteiger partial charge in [-0.05, 0) is 44.9 Å². The molecule has 3 rings (SSSR count). The Labute approximate surface area is 130 Å². The Morgan fingerprint density at radius 1 is 1.45 bits per heavy atom. The molecular formula is C17H24N4O. The van der Waals surface area contributed by atoms with Crippen LogP contribution in [0.3, 0.4) is 0 Å². The van der Waals surface area contributed by atoms with E-state index in [4.69, 9.17) is 0 Å². The van der Waals surface area contributed by atoms with Gasteiger partial charge in [0.1, 0.15) is 5.82 Å². The topological polar surface area (TPSA) is 69.8 Å². The van der Waals surface area contributed by atoms with Gasteiger partial charge in [0.2, 0.25) is 5.91 Å². The van der Waals surface area contributed by atoms with Crippen LogP contribution in [0.15, 0.2) is 18.2 Å². The molecule has 1 aromatic heterocycles. The molecule has 1 aromatic carbocycles. The molecule has 1 amide bonds. The third-order valence-electron chi connectivity index (χ3n) is 4.34. The number of hydrogen-bond acceptors (Lipinski definition) is 3. The first-order chi connectivity index (χ1) is 10.6. The van der Waals surface area contributed by atoms with Crippen molar-refractivity contribution in [1.82, 2.24) is 20.6 Å².